The van der Waals surface area contributed by atoms with Gasteiger partial charge in [-0.25, -0.2) is 0 Å². The fourth-order valence-electron chi connectivity index (χ4n) is 2.88. The first-order valence-electron chi connectivity index (χ1n) is 10.1. The van der Waals surface area contributed by atoms with Crippen LogP contribution >= 0.6 is 0 Å². The first-order valence-corrected chi connectivity index (χ1v) is 10.1. The van der Waals surface area contributed by atoms with Crippen LogP contribution in [0.2, 0.25) is 0 Å². The van der Waals surface area contributed by atoms with Gasteiger partial charge in [0.25, 0.3) is 0 Å². The number of furan rings is 1. The van der Waals surface area contributed by atoms with Gasteiger partial charge in [0, 0.05) is 18.3 Å². The second kappa shape index (κ2) is 8.74. The molecule has 0 saturated carbocycles. The Hall–Kier alpha value is -3.44. The molecule has 2 aromatic carbocycles. The first-order chi connectivity index (χ1) is 14.6. The molecule has 0 amide bonds. The summed E-state index contributed by atoms with van der Waals surface area (Å²) in [5, 5.41) is 20.4. The summed E-state index contributed by atoms with van der Waals surface area (Å²) in [7, 11) is 1.89. The molecule has 0 aliphatic heterocycles. The average Bonchev–Trinajstić information content (AvgIpc) is 3.09. The van der Waals surface area contributed by atoms with Gasteiger partial charge in [-0.1, -0.05) is 72.2 Å². The highest BCUT2D eigenvalue weighted by Crippen LogP contribution is 2.38. The molecule has 1 aromatic heterocycles. The molecule has 31 heavy (non-hydrogen) atoms. The van der Waals surface area contributed by atoms with Gasteiger partial charge in [0.15, 0.2) is 5.76 Å². The van der Waals surface area contributed by atoms with Crippen LogP contribution in [-0.4, -0.2) is 28.5 Å². The molecule has 0 saturated heterocycles. The molecule has 0 aliphatic rings. The Bertz CT molecular complexity index is 1160. The van der Waals surface area contributed by atoms with Crippen molar-refractivity contribution in [3.8, 4) is 35.0 Å². The lowest BCUT2D eigenvalue weighted by atomic mass is 10.0. The van der Waals surface area contributed by atoms with Gasteiger partial charge in [-0.15, -0.1) is 0 Å². The summed E-state index contributed by atoms with van der Waals surface area (Å²) in [6.07, 6.45) is 0. The lowest BCUT2D eigenvalue weighted by Crippen LogP contribution is -2.15. The molecule has 3 rings (SSSR count). The maximum atomic E-state index is 10.2. The highest BCUT2D eigenvalue weighted by Gasteiger charge is 2.24. The number of hydrogen-bond donors (Lipinski definition) is 2. The number of para-hydroxylation sites is 1. The number of nitrogens with zero attached hydrogens (tertiary/aromatic N) is 1. The van der Waals surface area contributed by atoms with Gasteiger partial charge in [-0.3, -0.25) is 0 Å². The van der Waals surface area contributed by atoms with E-state index in [0.717, 1.165) is 11.3 Å². The Labute approximate surface area is 184 Å². The minimum Gasteiger partial charge on any atom is -0.437 e. The Morgan fingerprint density at radius 2 is 1.23 bits per heavy atom. The summed E-state index contributed by atoms with van der Waals surface area (Å²) < 4.78 is 6.34. The van der Waals surface area contributed by atoms with Gasteiger partial charge in [0.05, 0.1) is 5.56 Å². The van der Waals surface area contributed by atoms with Crippen LogP contribution in [-0.2, 0) is 0 Å². The van der Waals surface area contributed by atoms with Crippen molar-refractivity contribution >= 4 is 11.6 Å². The van der Waals surface area contributed by atoms with Crippen molar-refractivity contribution in [2.75, 3.05) is 11.9 Å². The van der Waals surface area contributed by atoms with E-state index in [1.807, 2.05) is 72.6 Å². The molecule has 0 atom stereocenters. The van der Waals surface area contributed by atoms with Crippen LogP contribution in [0.25, 0.3) is 11.3 Å². The van der Waals surface area contributed by atoms with E-state index in [9.17, 15) is 10.2 Å². The van der Waals surface area contributed by atoms with Crippen molar-refractivity contribution in [2.24, 2.45) is 0 Å². The Balaban J connectivity index is 2.32. The van der Waals surface area contributed by atoms with Crippen LogP contribution < -0.4 is 4.90 Å². The van der Waals surface area contributed by atoms with E-state index in [2.05, 4.69) is 23.7 Å². The van der Waals surface area contributed by atoms with Crippen molar-refractivity contribution in [2.45, 2.75) is 38.9 Å². The smallest absolute Gasteiger partial charge is 0.217 e. The van der Waals surface area contributed by atoms with Crippen LogP contribution in [0.4, 0.5) is 11.6 Å². The van der Waals surface area contributed by atoms with Crippen molar-refractivity contribution in [1.29, 1.82) is 0 Å². The van der Waals surface area contributed by atoms with Gasteiger partial charge in [0.1, 0.15) is 16.8 Å². The Kier molecular flexibility index (Phi) is 6.27. The van der Waals surface area contributed by atoms with E-state index in [0.29, 0.717) is 22.8 Å². The maximum Gasteiger partial charge on any atom is 0.217 e. The monoisotopic (exact) mass is 413 g/mol. The number of aliphatic hydroxyl groups is 2. The van der Waals surface area contributed by atoms with E-state index in [1.54, 1.807) is 27.7 Å². The van der Waals surface area contributed by atoms with E-state index in [-0.39, 0.29) is 0 Å². The van der Waals surface area contributed by atoms with Gasteiger partial charge < -0.3 is 19.5 Å². The third-order valence-electron chi connectivity index (χ3n) is 4.36. The van der Waals surface area contributed by atoms with Crippen LogP contribution in [0.15, 0.2) is 65.1 Å². The SMILES string of the molecule is CN(c1ccccc1)c1oc(-c2ccccc2)c(C#CC(C)(C)O)c1C#CC(C)(C)O. The number of anilines is 2. The first kappa shape index (κ1) is 22.2. The zero-order valence-electron chi connectivity index (χ0n) is 18.5. The third kappa shape index (κ3) is 5.80. The molecule has 1 heterocycles. The van der Waals surface area contributed by atoms with Crippen LogP contribution in [0.3, 0.4) is 0 Å². The average molecular weight is 414 g/mol. The minimum atomic E-state index is -1.19. The van der Waals surface area contributed by atoms with Gasteiger partial charge in [0.2, 0.25) is 5.88 Å². The van der Waals surface area contributed by atoms with E-state index in [1.165, 1.54) is 0 Å². The van der Waals surface area contributed by atoms with Gasteiger partial charge in [-0.2, -0.15) is 0 Å². The number of rotatable bonds is 3. The fourth-order valence-corrected chi connectivity index (χ4v) is 2.88. The van der Waals surface area contributed by atoms with Crippen molar-refractivity contribution in [3.05, 3.63) is 71.8 Å². The highest BCUT2D eigenvalue weighted by atomic mass is 16.4. The Morgan fingerprint density at radius 1 is 0.742 bits per heavy atom. The lowest BCUT2D eigenvalue weighted by Gasteiger charge is -2.17. The molecule has 3 aromatic rings. The molecule has 0 radical (unpaired) electrons. The molecular weight excluding hydrogens is 386 g/mol. The number of hydrogen-bond acceptors (Lipinski definition) is 4. The van der Waals surface area contributed by atoms with E-state index < -0.39 is 11.2 Å². The third-order valence-corrected chi connectivity index (χ3v) is 4.36. The predicted molar refractivity (Wildman–Crippen MR) is 125 cm³/mol. The summed E-state index contributed by atoms with van der Waals surface area (Å²) in [6.45, 7) is 6.50. The van der Waals surface area contributed by atoms with Crippen molar-refractivity contribution in [1.82, 2.24) is 0 Å². The molecule has 4 nitrogen and oxygen atoms in total. The zero-order chi connectivity index (χ0) is 22.6. The summed E-state index contributed by atoms with van der Waals surface area (Å²) in [6, 6.07) is 19.4. The molecule has 0 bridgehead atoms. The summed E-state index contributed by atoms with van der Waals surface area (Å²) in [5.41, 5.74) is 0.531. The topological polar surface area (TPSA) is 56.8 Å². The van der Waals surface area contributed by atoms with E-state index >= 15 is 0 Å². The molecule has 0 aliphatic carbocycles. The summed E-state index contributed by atoms with van der Waals surface area (Å²) in [5.74, 6) is 13.0. The molecule has 0 unspecified atom stereocenters. The second-order valence-corrected chi connectivity index (χ2v) is 8.36. The predicted octanol–water partition coefficient (Wildman–Crippen LogP) is 4.96. The second-order valence-electron chi connectivity index (χ2n) is 8.36. The fraction of sp³-hybridized carbons (Fsp3) is 0.259. The molecule has 4 heteroatoms. The van der Waals surface area contributed by atoms with Crippen LogP contribution in [0, 0.1) is 23.7 Å². The molecular formula is C27H27NO3. The van der Waals surface area contributed by atoms with E-state index in [4.69, 9.17) is 4.42 Å². The zero-order valence-corrected chi connectivity index (χ0v) is 18.5. The molecule has 158 valence electrons. The largest absolute Gasteiger partial charge is 0.437 e. The van der Waals surface area contributed by atoms with Gasteiger partial charge >= 0.3 is 0 Å². The summed E-state index contributed by atoms with van der Waals surface area (Å²) in [4.78, 5) is 1.90. The van der Waals surface area contributed by atoms with Crippen molar-refractivity contribution < 1.29 is 14.6 Å². The van der Waals surface area contributed by atoms with Crippen molar-refractivity contribution in [3.63, 3.8) is 0 Å². The molecule has 0 fully saturated rings. The standard InChI is InChI=1S/C27H27NO3/c1-26(2,29)18-16-22-23(17-19-27(3,4)30)25(28(5)21-14-10-7-11-15-21)31-24(22)20-12-8-6-9-13-20/h6-15,29-30H,1-5H3. The summed E-state index contributed by atoms with van der Waals surface area (Å²) >= 11 is 0. The normalized spacial score (nSPS) is 11.2. The van der Waals surface area contributed by atoms with Gasteiger partial charge in [-0.05, 0) is 39.8 Å². The lowest BCUT2D eigenvalue weighted by molar-refractivity contribution is 0.143. The highest BCUT2D eigenvalue weighted by molar-refractivity contribution is 5.78. The Morgan fingerprint density at radius 3 is 1.74 bits per heavy atom. The molecule has 2 N–H and O–H groups in total. The van der Waals surface area contributed by atoms with Crippen LogP contribution in [0.1, 0.15) is 38.8 Å². The minimum absolute atomic E-state index is 0.516. The maximum absolute atomic E-state index is 10.2. The number of benzene rings is 2. The van der Waals surface area contributed by atoms with Crippen LogP contribution in [0.5, 0.6) is 0 Å². The quantitative estimate of drug-likeness (QED) is 0.596. The molecule has 0 spiro atoms.